The Balaban J connectivity index is 4.02. The highest BCUT2D eigenvalue weighted by atomic mass is 31.2. The average Bonchev–Trinajstić information content (AvgIpc) is 3.50. The molecule has 0 radical (unpaired) electrons. The first-order valence-electron chi connectivity index (χ1n) is 36.2. The molecule has 0 aliphatic heterocycles. The second-order valence-corrected chi connectivity index (χ2v) is 27.3. The van der Waals surface area contributed by atoms with E-state index in [4.69, 9.17) is 9.05 Å². The molecule has 8 nitrogen and oxygen atoms in total. The summed E-state index contributed by atoms with van der Waals surface area (Å²) in [4.78, 5) is 25.6. The smallest absolute Gasteiger partial charge is 0.268 e. The minimum Gasteiger partial charge on any atom is -0.756 e. The van der Waals surface area contributed by atoms with Crippen LogP contribution >= 0.6 is 7.82 Å². The summed E-state index contributed by atoms with van der Waals surface area (Å²) in [7, 11) is 1.25. The fraction of sp³-hybridized carbons (Fsp3) is 0.851. The molecular weight excluding hydrogens is 1040 g/mol. The Morgan fingerprint density at radius 3 is 1.05 bits per heavy atom. The number of unbranched alkanes of at least 4 members (excludes halogenated alkanes) is 46. The van der Waals surface area contributed by atoms with Gasteiger partial charge in [-0.25, -0.2) is 0 Å². The van der Waals surface area contributed by atoms with Gasteiger partial charge in [-0.05, 0) is 77.0 Å². The van der Waals surface area contributed by atoms with E-state index >= 15 is 0 Å². The monoisotopic (exact) mass is 1190 g/mol. The number of aliphatic hydroxyl groups excluding tert-OH is 1. The Kier molecular flexibility index (Phi) is 63.3. The number of carbonyl (C=O) groups excluding carboxylic acids is 1. The maximum absolute atomic E-state index is 13.0. The molecule has 0 aliphatic rings. The summed E-state index contributed by atoms with van der Waals surface area (Å²) in [6, 6.07) is -0.911. The van der Waals surface area contributed by atoms with E-state index in [-0.39, 0.29) is 12.5 Å². The fourth-order valence-corrected chi connectivity index (χ4v) is 11.5. The third-order valence-electron chi connectivity index (χ3n) is 16.4. The van der Waals surface area contributed by atoms with Crippen molar-refractivity contribution in [2.75, 3.05) is 40.9 Å². The van der Waals surface area contributed by atoms with Gasteiger partial charge in [0.05, 0.1) is 39.9 Å². The second-order valence-electron chi connectivity index (χ2n) is 25.9. The molecule has 0 bridgehead atoms. The van der Waals surface area contributed by atoms with Gasteiger partial charge < -0.3 is 28.8 Å². The first kappa shape index (κ1) is 81.2. The Morgan fingerprint density at radius 2 is 0.711 bits per heavy atom. The molecule has 0 saturated carbocycles. The number of nitrogens with zero attached hydrogens (tertiary/aromatic N) is 1. The lowest BCUT2D eigenvalue weighted by molar-refractivity contribution is -0.870. The van der Waals surface area contributed by atoms with Gasteiger partial charge in [0.2, 0.25) is 5.91 Å². The van der Waals surface area contributed by atoms with E-state index in [9.17, 15) is 19.4 Å². The van der Waals surface area contributed by atoms with Crippen LogP contribution in [0.25, 0.3) is 0 Å². The van der Waals surface area contributed by atoms with Gasteiger partial charge in [0.15, 0.2) is 0 Å². The summed E-state index contributed by atoms with van der Waals surface area (Å²) in [6.07, 6.45) is 89.4. The molecule has 0 aromatic carbocycles. The lowest BCUT2D eigenvalue weighted by Gasteiger charge is -2.29. The van der Waals surface area contributed by atoms with Crippen molar-refractivity contribution in [1.29, 1.82) is 0 Å². The Bertz CT molecular complexity index is 1540. The molecule has 0 rings (SSSR count). The van der Waals surface area contributed by atoms with Gasteiger partial charge in [-0.1, -0.05) is 331 Å². The Morgan fingerprint density at radius 1 is 0.422 bits per heavy atom. The molecule has 0 spiro atoms. The van der Waals surface area contributed by atoms with Crippen molar-refractivity contribution in [2.45, 2.75) is 366 Å². The molecule has 1 amide bonds. The molecule has 0 aliphatic carbocycles. The van der Waals surface area contributed by atoms with Crippen LogP contribution in [0.2, 0.25) is 0 Å². The molecule has 3 atom stereocenters. The van der Waals surface area contributed by atoms with Gasteiger partial charge in [0, 0.05) is 6.42 Å². The fourth-order valence-electron chi connectivity index (χ4n) is 10.8. The summed E-state index contributed by atoms with van der Waals surface area (Å²) in [5, 5.41) is 13.9. The quantitative estimate of drug-likeness (QED) is 0.0272. The van der Waals surface area contributed by atoms with Gasteiger partial charge in [0.1, 0.15) is 13.2 Å². The lowest BCUT2D eigenvalue weighted by Crippen LogP contribution is -2.45. The van der Waals surface area contributed by atoms with E-state index in [1.807, 2.05) is 27.2 Å². The molecule has 0 saturated heterocycles. The highest BCUT2D eigenvalue weighted by Gasteiger charge is 2.23. The minimum atomic E-state index is -4.62. The van der Waals surface area contributed by atoms with E-state index in [1.54, 1.807) is 6.08 Å². The van der Waals surface area contributed by atoms with Gasteiger partial charge in [-0.2, -0.15) is 0 Å². The maximum Gasteiger partial charge on any atom is 0.268 e. The van der Waals surface area contributed by atoms with Crippen LogP contribution in [0.5, 0.6) is 0 Å². The summed E-state index contributed by atoms with van der Waals surface area (Å²) in [5.41, 5.74) is 0. The van der Waals surface area contributed by atoms with Crippen LogP contribution in [0, 0.1) is 0 Å². The number of phosphoric acid groups is 1. The van der Waals surface area contributed by atoms with Crippen LogP contribution in [0.4, 0.5) is 0 Å². The highest BCUT2D eigenvalue weighted by Crippen LogP contribution is 2.38. The largest absolute Gasteiger partial charge is 0.756 e. The third kappa shape index (κ3) is 67.6. The van der Waals surface area contributed by atoms with Crippen molar-refractivity contribution in [3.63, 3.8) is 0 Å². The predicted octanol–water partition coefficient (Wildman–Crippen LogP) is 22.5. The molecule has 0 aromatic heterocycles. The maximum atomic E-state index is 13.0. The second kappa shape index (κ2) is 64.7. The van der Waals surface area contributed by atoms with Crippen LogP contribution in [0.3, 0.4) is 0 Å². The zero-order valence-corrected chi connectivity index (χ0v) is 56.8. The Hall–Kier alpha value is -1.80. The van der Waals surface area contributed by atoms with Crippen molar-refractivity contribution in [1.82, 2.24) is 5.32 Å². The topological polar surface area (TPSA) is 108 Å². The van der Waals surface area contributed by atoms with Crippen LogP contribution < -0.4 is 10.2 Å². The number of hydrogen-bond donors (Lipinski definition) is 2. The van der Waals surface area contributed by atoms with Gasteiger partial charge >= 0.3 is 0 Å². The van der Waals surface area contributed by atoms with Crippen molar-refractivity contribution in [3.8, 4) is 0 Å². The van der Waals surface area contributed by atoms with Gasteiger partial charge in [-0.3, -0.25) is 9.36 Å². The molecule has 83 heavy (non-hydrogen) atoms. The number of allylic oxidation sites excluding steroid dienone is 9. The summed E-state index contributed by atoms with van der Waals surface area (Å²) < 4.78 is 23.4. The molecular formula is C74H141N2O6P. The first-order chi connectivity index (χ1) is 40.5. The zero-order valence-electron chi connectivity index (χ0n) is 55.9. The number of aliphatic hydroxyl groups is 1. The average molecular weight is 1190 g/mol. The molecule has 488 valence electrons. The number of rotatable bonds is 67. The SMILES string of the molecule is CCCCCCC/C=C\C/C=C\CCCCCCCCCCCCCCCCCCCCCCCCCCCC(=O)NC(COP(=O)([O-])OCC[N+](C)(C)C)C(O)/C=C/CC/C=C/CC/C=C/CCCCCCCCCCCCCCCC. The number of nitrogens with one attached hydrogen (secondary N) is 1. The van der Waals surface area contributed by atoms with Crippen molar-refractivity contribution < 1.29 is 32.9 Å². The highest BCUT2D eigenvalue weighted by molar-refractivity contribution is 7.45. The van der Waals surface area contributed by atoms with E-state index in [0.717, 1.165) is 51.4 Å². The van der Waals surface area contributed by atoms with E-state index < -0.39 is 26.6 Å². The number of likely N-dealkylation sites (N-methyl/N-ethyl adjacent to an activating group) is 1. The number of carbonyl (C=O) groups is 1. The number of quaternary nitrogens is 1. The number of amides is 1. The van der Waals surface area contributed by atoms with Crippen molar-refractivity contribution >= 4 is 13.7 Å². The molecule has 0 fully saturated rings. The van der Waals surface area contributed by atoms with Crippen LogP contribution in [0.15, 0.2) is 60.8 Å². The predicted molar refractivity (Wildman–Crippen MR) is 362 cm³/mol. The number of phosphoric ester groups is 1. The zero-order chi connectivity index (χ0) is 60.5. The first-order valence-corrected chi connectivity index (χ1v) is 37.6. The number of hydrogen-bond acceptors (Lipinski definition) is 6. The normalized spacial score (nSPS) is 14.0. The van der Waals surface area contributed by atoms with E-state index in [2.05, 4.69) is 67.8 Å². The Labute approximate surface area is 517 Å². The molecule has 3 unspecified atom stereocenters. The summed E-state index contributed by atoms with van der Waals surface area (Å²) >= 11 is 0. The van der Waals surface area contributed by atoms with Crippen LogP contribution in [0.1, 0.15) is 354 Å². The van der Waals surface area contributed by atoms with Crippen LogP contribution in [-0.2, 0) is 18.4 Å². The van der Waals surface area contributed by atoms with Crippen molar-refractivity contribution in [2.24, 2.45) is 0 Å². The van der Waals surface area contributed by atoms with E-state index in [0.29, 0.717) is 17.4 Å². The van der Waals surface area contributed by atoms with Crippen molar-refractivity contribution in [3.05, 3.63) is 60.8 Å². The standard InChI is InChI=1S/C74H141N2O6P/c1-6-8-10-12-14-16-18-20-22-24-26-28-30-32-33-34-35-36-37-38-39-40-41-42-43-44-46-48-50-52-54-56-58-60-62-64-66-68-74(78)75-72(71-82-83(79,80)81-70-69-76(3,4)5)73(77)67-65-63-61-59-57-55-53-51-49-47-45-31-29-27-25-23-21-19-17-15-13-11-9-7-2/h18,20,24,26,49,51,57,59,65,67,72-73,77H,6-17,19,21-23,25,27-48,50,52-56,58,60-64,66,68-71H2,1-5H3,(H-,75,78,79,80)/b20-18-,26-24-,51-49+,59-57+,67-65+. The van der Waals surface area contributed by atoms with Gasteiger partial charge in [0.25, 0.3) is 7.82 Å². The summed E-state index contributed by atoms with van der Waals surface area (Å²) in [5.74, 6) is -0.205. The molecule has 2 N–H and O–H groups in total. The molecule has 0 heterocycles. The third-order valence-corrected chi connectivity index (χ3v) is 17.4. The summed E-state index contributed by atoms with van der Waals surface area (Å²) in [6.45, 7) is 4.65. The van der Waals surface area contributed by atoms with Gasteiger partial charge in [-0.15, -0.1) is 0 Å². The minimum absolute atomic E-state index is 0.00846. The molecule has 9 heteroatoms. The van der Waals surface area contributed by atoms with Crippen LogP contribution in [-0.4, -0.2) is 68.5 Å². The van der Waals surface area contributed by atoms with E-state index in [1.165, 1.54) is 283 Å². The molecule has 0 aromatic rings. The lowest BCUT2D eigenvalue weighted by atomic mass is 10.0.